The number of carboxylic acids is 1. The van der Waals surface area contributed by atoms with Crippen LogP contribution >= 0.6 is 0 Å². The molecule has 0 aliphatic carbocycles. The summed E-state index contributed by atoms with van der Waals surface area (Å²) in [6.45, 7) is 5.39. The molecule has 0 bridgehead atoms. The van der Waals surface area contributed by atoms with Crippen LogP contribution < -0.4 is 0 Å². The van der Waals surface area contributed by atoms with Gasteiger partial charge in [-0.05, 0) is 12.8 Å². The number of carboxylic acid groups (broad SMARTS) is 1. The molecule has 0 saturated carbocycles. The summed E-state index contributed by atoms with van der Waals surface area (Å²) < 4.78 is 0. The molecule has 0 unspecified atom stereocenters. The summed E-state index contributed by atoms with van der Waals surface area (Å²) in [6.07, 6.45) is 5.03. The topological polar surface area (TPSA) is 86.3 Å². The van der Waals surface area contributed by atoms with Crippen molar-refractivity contribution in [2.24, 2.45) is 0 Å². The molecule has 6 heteroatoms. The molecule has 0 atom stereocenters. The first-order chi connectivity index (χ1) is 9.11. The highest BCUT2D eigenvalue weighted by Gasteiger charge is 2.23. The van der Waals surface area contributed by atoms with Crippen LogP contribution in [0.1, 0.15) is 60.5 Å². The van der Waals surface area contributed by atoms with Gasteiger partial charge in [0.2, 0.25) is 0 Å². The number of hydrogen-bond acceptors (Lipinski definition) is 3. The molecular weight excluding hydrogens is 246 g/mol. The molecule has 0 saturated heterocycles. The quantitative estimate of drug-likeness (QED) is 0.755. The van der Waals surface area contributed by atoms with Crippen LogP contribution in [0.5, 0.6) is 0 Å². The van der Waals surface area contributed by atoms with Gasteiger partial charge in [0.05, 0.1) is 6.33 Å². The highest BCUT2D eigenvalue weighted by molar-refractivity contribution is 6.02. The summed E-state index contributed by atoms with van der Waals surface area (Å²) in [6, 6.07) is 0. The molecule has 2 N–H and O–H groups in total. The fourth-order valence-corrected chi connectivity index (χ4v) is 1.78. The molecule has 0 spiro atoms. The Hall–Kier alpha value is -1.85. The lowest BCUT2D eigenvalue weighted by molar-refractivity contribution is 0.0667. The number of aromatic nitrogens is 2. The minimum atomic E-state index is -1.16. The second kappa shape index (κ2) is 7.56. The summed E-state index contributed by atoms with van der Waals surface area (Å²) in [7, 11) is 0. The van der Waals surface area contributed by atoms with Crippen LogP contribution in [0, 0.1) is 0 Å². The van der Waals surface area contributed by atoms with Gasteiger partial charge >= 0.3 is 5.97 Å². The van der Waals surface area contributed by atoms with Gasteiger partial charge in [0.15, 0.2) is 11.4 Å². The van der Waals surface area contributed by atoms with Crippen molar-refractivity contribution in [1.29, 1.82) is 0 Å². The third-order valence-corrected chi connectivity index (χ3v) is 2.91. The monoisotopic (exact) mass is 267 g/mol. The molecule has 1 aromatic heterocycles. The van der Waals surface area contributed by atoms with Crippen LogP contribution in [0.2, 0.25) is 0 Å². The van der Waals surface area contributed by atoms with E-state index < -0.39 is 5.97 Å². The molecular formula is C13H21N3O3. The van der Waals surface area contributed by atoms with E-state index in [0.29, 0.717) is 13.1 Å². The number of nitrogens with zero attached hydrogens (tertiary/aromatic N) is 2. The number of amides is 1. The molecule has 0 radical (unpaired) electrons. The lowest BCUT2D eigenvalue weighted by Crippen LogP contribution is -2.34. The summed E-state index contributed by atoms with van der Waals surface area (Å²) in [4.78, 5) is 31.4. The Labute approximate surface area is 112 Å². The lowest BCUT2D eigenvalue weighted by atomic mass is 10.2. The van der Waals surface area contributed by atoms with Gasteiger partial charge in [-0.3, -0.25) is 4.79 Å². The standard InChI is InChI=1S/C13H21N3O3/c1-3-5-7-16(8-6-4-2)12(17)10-11(13(18)19)15-9-14-10/h9H,3-8H2,1-2H3,(H,14,15)(H,18,19). The molecule has 6 nitrogen and oxygen atoms in total. The lowest BCUT2D eigenvalue weighted by Gasteiger charge is -2.21. The number of nitrogens with one attached hydrogen (secondary N) is 1. The predicted octanol–water partition coefficient (Wildman–Crippen LogP) is 2.15. The predicted molar refractivity (Wildman–Crippen MR) is 71.3 cm³/mol. The fraction of sp³-hybridized carbons (Fsp3) is 0.615. The van der Waals surface area contributed by atoms with Gasteiger partial charge < -0.3 is 15.0 Å². The van der Waals surface area contributed by atoms with Gasteiger partial charge in [0, 0.05) is 13.1 Å². The second-order valence-electron chi connectivity index (χ2n) is 4.43. The largest absolute Gasteiger partial charge is 0.477 e. The normalized spacial score (nSPS) is 10.4. The Morgan fingerprint density at radius 1 is 1.26 bits per heavy atom. The van der Waals surface area contributed by atoms with E-state index in [4.69, 9.17) is 5.11 Å². The maximum atomic E-state index is 12.3. The average Bonchev–Trinajstić information content (AvgIpc) is 2.87. The molecule has 1 amide bonds. The third kappa shape index (κ3) is 4.08. The van der Waals surface area contributed by atoms with Gasteiger partial charge in [0.1, 0.15) is 0 Å². The zero-order valence-corrected chi connectivity index (χ0v) is 11.5. The van der Waals surface area contributed by atoms with E-state index in [1.54, 1.807) is 4.90 Å². The molecule has 0 aliphatic heterocycles. The van der Waals surface area contributed by atoms with Crippen molar-refractivity contribution in [3.63, 3.8) is 0 Å². The van der Waals surface area contributed by atoms with Crippen LogP contribution in [-0.4, -0.2) is 44.9 Å². The van der Waals surface area contributed by atoms with Gasteiger partial charge in [0.25, 0.3) is 5.91 Å². The van der Waals surface area contributed by atoms with Gasteiger partial charge in [-0.1, -0.05) is 26.7 Å². The van der Waals surface area contributed by atoms with Crippen molar-refractivity contribution in [3.8, 4) is 0 Å². The minimum Gasteiger partial charge on any atom is -0.477 e. The number of H-pyrrole nitrogens is 1. The van der Waals surface area contributed by atoms with E-state index in [0.717, 1.165) is 25.7 Å². The van der Waals surface area contributed by atoms with Crippen molar-refractivity contribution in [2.45, 2.75) is 39.5 Å². The van der Waals surface area contributed by atoms with Gasteiger partial charge in [-0.25, -0.2) is 9.78 Å². The summed E-state index contributed by atoms with van der Waals surface area (Å²) in [5, 5.41) is 9.00. The SMILES string of the molecule is CCCCN(CCCC)C(=O)c1nc[nH]c1C(=O)O. The fourth-order valence-electron chi connectivity index (χ4n) is 1.78. The molecule has 106 valence electrons. The van der Waals surface area contributed by atoms with Gasteiger partial charge in [-0.15, -0.1) is 0 Å². The maximum absolute atomic E-state index is 12.3. The second-order valence-corrected chi connectivity index (χ2v) is 4.43. The number of hydrogen-bond donors (Lipinski definition) is 2. The van der Waals surface area contributed by atoms with Crippen LogP contribution in [0.25, 0.3) is 0 Å². The first kappa shape index (κ1) is 15.2. The molecule has 0 aromatic carbocycles. The number of rotatable bonds is 8. The molecule has 19 heavy (non-hydrogen) atoms. The first-order valence-electron chi connectivity index (χ1n) is 6.67. The smallest absolute Gasteiger partial charge is 0.354 e. The van der Waals surface area contributed by atoms with Crippen LogP contribution in [0.3, 0.4) is 0 Å². The van der Waals surface area contributed by atoms with E-state index in [2.05, 4.69) is 23.8 Å². The van der Waals surface area contributed by atoms with Crippen molar-refractivity contribution in [2.75, 3.05) is 13.1 Å². The summed E-state index contributed by atoms with van der Waals surface area (Å²) in [5.41, 5.74) is -0.136. The van der Waals surface area contributed by atoms with Crippen molar-refractivity contribution >= 4 is 11.9 Å². The molecule has 0 fully saturated rings. The molecule has 1 aromatic rings. The van der Waals surface area contributed by atoms with E-state index in [1.807, 2.05) is 0 Å². The van der Waals surface area contributed by atoms with Crippen molar-refractivity contribution < 1.29 is 14.7 Å². The number of aromatic amines is 1. The molecule has 1 rings (SSSR count). The molecule has 1 heterocycles. The highest BCUT2D eigenvalue weighted by Crippen LogP contribution is 2.09. The Balaban J connectivity index is 2.84. The number of unbranched alkanes of at least 4 members (excludes halogenated alkanes) is 2. The zero-order valence-electron chi connectivity index (χ0n) is 11.5. The van der Waals surface area contributed by atoms with Gasteiger partial charge in [-0.2, -0.15) is 0 Å². The Kier molecular flexibility index (Phi) is 6.05. The number of carbonyl (C=O) groups excluding carboxylic acids is 1. The van der Waals surface area contributed by atoms with Crippen LogP contribution in [0.4, 0.5) is 0 Å². The number of imidazole rings is 1. The third-order valence-electron chi connectivity index (χ3n) is 2.91. The van der Waals surface area contributed by atoms with E-state index in [1.165, 1.54) is 6.33 Å². The average molecular weight is 267 g/mol. The Bertz CT molecular complexity index is 421. The minimum absolute atomic E-state index is 0.000272. The highest BCUT2D eigenvalue weighted by atomic mass is 16.4. The zero-order chi connectivity index (χ0) is 14.3. The van der Waals surface area contributed by atoms with E-state index >= 15 is 0 Å². The summed E-state index contributed by atoms with van der Waals surface area (Å²) in [5.74, 6) is -1.47. The van der Waals surface area contributed by atoms with Crippen molar-refractivity contribution in [3.05, 3.63) is 17.7 Å². The van der Waals surface area contributed by atoms with E-state index in [9.17, 15) is 9.59 Å². The number of carbonyl (C=O) groups is 2. The summed E-state index contributed by atoms with van der Waals surface area (Å²) >= 11 is 0. The Morgan fingerprint density at radius 2 is 1.84 bits per heavy atom. The maximum Gasteiger partial charge on any atom is 0.354 e. The van der Waals surface area contributed by atoms with E-state index in [-0.39, 0.29) is 17.3 Å². The molecule has 0 aliphatic rings. The van der Waals surface area contributed by atoms with Crippen LogP contribution in [-0.2, 0) is 0 Å². The number of aromatic carboxylic acids is 1. The first-order valence-corrected chi connectivity index (χ1v) is 6.67. The van der Waals surface area contributed by atoms with Crippen molar-refractivity contribution in [1.82, 2.24) is 14.9 Å². The Morgan fingerprint density at radius 3 is 2.32 bits per heavy atom. The van der Waals surface area contributed by atoms with Crippen LogP contribution in [0.15, 0.2) is 6.33 Å².